The van der Waals surface area contributed by atoms with Crippen LogP contribution in [-0.4, -0.2) is 41.0 Å². The Morgan fingerprint density at radius 2 is 0.938 bits per heavy atom. The first-order valence-electron chi connectivity index (χ1n) is 17.3. The van der Waals surface area contributed by atoms with E-state index >= 15 is 0 Å². The Hall–Kier alpha value is -3.29. The molecule has 0 aliphatic rings. The summed E-state index contributed by atoms with van der Waals surface area (Å²) in [6.45, 7) is 3.31. The monoisotopic (exact) mass is 686 g/mol. The number of rotatable bonds is 29. The average molecular weight is 687 g/mol. The molecule has 0 aromatic carbocycles. The van der Waals surface area contributed by atoms with Gasteiger partial charge < -0.3 is 19.3 Å². The lowest BCUT2D eigenvalue weighted by Crippen LogP contribution is -2.29. The van der Waals surface area contributed by atoms with Crippen LogP contribution in [0.2, 0.25) is 0 Å². The Kier molecular flexibility index (Phi) is 31.3. The molecule has 0 aromatic rings. The number of esters is 2. The molecule has 0 aliphatic carbocycles. The van der Waals surface area contributed by atoms with E-state index < -0.39 is 32.5 Å². The predicted molar refractivity (Wildman–Crippen MR) is 197 cm³/mol. The molecule has 0 amide bonds. The summed E-state index contributed by atoms with van der Waals surface area (Å²) in [5.41, 5.74) is 0. The van der Waals surface area contributed by atoms with Gasteiger partial charge in [-0.05, 0) is 51.4 Å². The van der Waals surface area contributed by atoms with Gasteiger partial charge in [0, 0.05) is 12.8 Å². The molecule has 1 unspecified atom stereocenters. The van der Waals surface area contributed by atoms with Crippen LogP contribution in [0.15, 0.2) is 109 Å². The van der Waals surface area contributed by atoms with Crippen LogP contribution in [0.3, 0.4) is 0 Å². The van der Waals surface area contributed by atoms with Gasteiger partial charge in [-0.25, -0.2) is 4.57 Å². The molecule has 0 radical (unpaired) electrons. The Morgan fingerprint density at radius 1 is 0.542 bits per heavy atom. The molecule has 0 spiro atoms. The van der Waals surface area contributed by atoms with E-state index in [0.29, 0.717) is 12.8 Å². The second-order valence-electron chi connectivity index (χ2n) is 10.9. The third kappa shape index (κ3) is 35.6. The van der Waals surface area contributed by atoms with E-state index in [1.807, 2.05) is 85.1 Å². The summed E-state index contributed by atoms with van der Waals surface area (Å²) in [6, 6.07) is 0. The first-order valence-corrected chi connectivity index (χ1v) is 18.8. The first kappa shape index (κ1) is 44.7. The van der Waals surface area contributed by atoms with Gasteiger partial charge in [0.05, 0.1) is 6.61 Å². The number of unbranched alkanes of at least 4 members (excludes halogenated alkanes) is 8. The molecule has 0 aliphatic heterocycles. The van der Waals surface area contributed by atoms with Crippen LogP contribution in [-0.2, 0) is 28.2 Å². The molecule has 268 valence electrons. The van der Waals surface area contributed by atoms with Crippen molar-refractivity contribution in [2.45, 2.75) is 110 Å². The molecule has 8 nitrogen and oxygen atoms in total. The van der Waals surface area contributed by atoms with Crippen molar-refractivity contribution in [3.8, 4) is 0 Å². The van der Waals surface area contributed by atoms with Crippen LogP contribution in [0.5, 0.6) is 0 Å². The molecule has 0 fully saturated rings. The lowest BCUT2D eigenvalue weighted by atomic mass is 10.1. The largest absolute Gasteiger partial charge is 0.469 e. The predicted octanol–water partition coefficient (Wildman–Crippen LogP) is 10.1. The molecular formula is C39H59O8P. The molecule has 0 heterocycles. The van der Waals surface area contributed by atoms with Gasteiger partial charge in [-0.15, -0.1) is 0 Å². The van der Waals surface area contributed by atoms with E-state index in [0.717, 1.165) is 64.2 Å². The van der Waals surface area contributed by atoms with Crippen molar-refractivity contribution in [1.29, 1.82) is 0 Å². The number of hydrogen-bond acceptors (Lipinski definition) is 6. The molecule has 0 saturated carbocycles. The number of allylic oxidation sites excluding steroid dienone is 18. The van der Waals surface area contributed by atoms with Crippen molar-refractivity contribution >= 4 is 19.8 Å². The third-order valence-electron chi connectivity index (χ3n) is 6.51. The second kappa shape index (κ2) is 33.6. The minimum absolute atomic E-state index is 0.170. The van der Waals surface area contributed by atoms with E-state index in [1.165, 1.54) is 0 Å². The maximum atomic E-state index is 12.3. The third-order valence-corrected chi connectivity index (χ3v) is 6.99. The van der Waals surface area contributed by atoms with Crippen LogP contribution in [0.1, 0.15) is 104 Å². The van der Waals surface area contributed by atoms with E-state index in [9.17, 15) is 14.2 Å². The highest BCUT2D eigenvalue weighted by Crippen LogP contribution is 2.35. The second-order valence-corrected chi connectivity index (χ2v) is 12.2. The van der Waals surface area contributed by atoms with Crippen molar-refractivity contribution in [1.82, 2.24) is 0 Å². The topological polar surface area (TPSA) is 119 Å². The molecule has 48 heavy (non-hydrogen) atoms. The van der Waals surface area contributed by atoms with Gasteiger partial charge in [0.15, 0.2) is 6.10 Å². The number of ether oxygens (including phenoxy) is 2. The molecule has 0 rings (SSSR count). The molecule has 0 saturated heterocycles. The Bertz CT molecular complexity index is 1130. The van der Waals surface area contributed by atoms with Gasteiger partial charge >= 0.3 is 19.8 Å². The normalized spacial score (nSPS) is 13.8. The fourth-order valence-electron chi connectivity index (χ4n) is 3.99. The average Bonchev–Trinajstić information content (AvgIpc) is 3.05. The summed E-state index contributed by atoms with van der Waals surface area (Å²) in [6.07, 6.45) is 46.6. The summed E-state index contributed by atoms with van der Waals surface area (Å²) >= 11 is 0. The fraction of sp³-hybridized carbons (Fsp3) is 0.487. The van der Waals surface area contributed by atoms with E-state index in [-0.39, 0.29) is 19.4 Å². The molecule has 2 N–H and O–H groups in total. The van der Waals surface area contributed by atoms with Gasteiger partial charge in [-0.3, -0.25) is 14.1 Å². The standard InChI is InChI=1S/C39H59O8P/c1-3-5-7-9-11-13-15-17-18-19-20-22-23-25-27-29-31-33-38(40)45-35-37(36-46-48(42,43)44)47-39(41)34-32-30-28-26-24-21-16-14-12-10-8-6-4-2/h5-20,22-23,37H,3-4,21,24-36H2,1-2H3,(H2,42,43,44)/b7-5+,8-6+,11-9+,12-10+,15-13+,16-14+,18-17+,20-19+,23-22+. The van der Waals surface area contributed by atoms with Crippen LogP contribution in [0.4, 0.5) is 0 Å². The van der Waals surface area contributed by atoms with Crippen molar-refractivity contribution in [2.75, 3.05) is 13.2 Å². The minimum Gasteiger partial charge on any atom is -0.462 e. The summed E-state index contributed by atoms with van der Waals surface area (Å²) in [5.74, 6) is -0.977. The van der Waals surface area contributed by atoms with Gasteiger partial charge in [-0.2, -0.15) is 0 Å². The number of carbonyl (C=O) groups is 2. The number of phosphoric acid groups is 1. The Labute approximate surface area is 289 Å². The van der Waals surface area contributed by atoms with Crippen molar-refractivity contribution in [3.63, 3.8) is 0 Å². The zero-order valence-electron chi connectivity index (χ0n) is 29.1. The zero-order chi connectivity index (χ0) is 35.4. The molecule has 1 atom stereocenters. The highest BCUT2D eigenvalue weighted by molar-refractivity contribution is 7.46. The fourth-order valence-corrected chi connectivity index (χ4v) is 4.35. The number of hydrogen-bond donors (Lipinski definition) is 2. The van der Waals surface area contributed by atoms with E-state index in [2.05, 4.69) is 42.7 Å². The molecule has 0 aromatic heterocycles. The molecule has 9 heteroatoms. The van der Waals surface area contributed by atoms with Gasteiger partial charge in [0.25, 0.3) is 0 Å². The quantitative estimate of drug-likeness (QED) is 0.0345. The van der Waals surface area contributed by atoms with Crippen LogP contribution in [0, 0.1) is 0 Å². The maximum Gasteiger partial charge on any atom is 0.469 e. The van der Waals surface area contributed by atoms with Gasteiger partial charge in [0.2, 0.25) is 0 Å². The SMILES string of the molecule is CC/C=C/C=C/C=C/C=C/C=C/C=C/CCCCCC(=O)OCC(COP(=O)(O)O)OC(=O)CCCCCCC/C=C/C=C/C=C/CC. The zero-order valence-corrected chi connectivity index (χ0v) is 30.0. The lowest BCUT2D eigenvalue weighted by Gasteiger charge is -2.18. The Balaban J connectivity index is 4.18. The lowest BCUT2D eigenvalue weighted by molar-refractivity contribution is -0.161. The summed E-state index contributed by atoms with van der Waals surface area (Å²) in [5, 5.41) is 0. The Morgan fingerprint density at radius 3 is 1.42 bits per heavy atom. The van der Waals surface area contributed by atoms with E-state index in [1.54, 1.807) is 0 Å². The van der Waals surface area contributed by atoms with Crippen molar-refractivity contribution in [3.05, 3.63) is 109 Å². The summed E-state index contributed by atoms with van der Waals surface area (Å²) in [4.78, 5) is 42.6. The van der Waals surface area contributed by atoms with Crippen molar-refractivity contribution in [2.24, 2.45) is 0 Å². The van der Waals surface area contributed by atoms with Crippen LogP contribution < -0.4 is 0 Å². The van der Waals surface area contributed by atoms with Crippen LogP contribution >= 0.6 is 7.82 Å². The highest BCUT2D eigenvalue weighted by atomic mass is 31.2. The summed E-state index contributed by atoms with van der Waals surface area (Å²) < 4.78 is 26.2. The minimum atomic E-state index is -4.77. The molecule has 0 bridgehead atoms. The molecular weight excluding hydrogens is 627 g/mol. The number of carbonyl (C=O) groups excluding carboxylic acids is 2. The number of phosphoric ester groups is 1. The first-order chi connectivity index (χ1) is 23.3. The van der Waals surface area contributed by atoms with Crippen LogP contribution in [0.25, 0.3) is 0 Å². The summed E-state index contributed by atoms with van der Waals surface area (Å²) in [7, 11) is -4.77. The maximum absolute atomic E-state index is 12.3. The smallest absolute Gasteiger partial charge is 0.462 e. The van der Waals surface area contributed by atoms with Gasteiger partial charge in [-0.1, -0.05) is 149 Å². The van der Waals surface area contributed by atoms with E-state index in [4.69, 9.17) is 19.3 Å². The highest BCUT2D eigenvalue weighted by Gasteiger charge is 2.22. The van der Waals surface area contributed by atoms with Crippen molar-refractivity contribution < 1.29 is 37.9 Å². The van der Waals surface area contributed by atoms with Gasteiger partial charge in [0.1, 0.15) is 6.61 Å².